The molecule has 0 amide bonds. The lowest BCUT2D eigenvalue weighted by molar-refractivity contribution is -0.161. The van der Waals surface area contributed by atoms with E-state index in [9.17, 15) is 29.5 Å². The molecule has 0 fully saturated rings. The molecule has 0 saturated heterocycles. The number of phosphoric ester groups is 1. The van der Waals surface area contributed by atoms with Crippen molar-refractivity contribution in [2.45, 2.75) is 147 Å². The molecule has 0 aliphatic carbocycles. The van der Waals surface area contributed by atoms with Crippen LogP contribution in [0.5, 0.6) is 0 Å². The lowest BCUT2D eigenvalue weighted by Gasteiger charge is -2.19. The van der Waals surface area contributed by atoms with Crippen molar-refractivity contribution < 1.29 is 53.3 Å². The van der Waals surface area contributed by atoms with Gasteiger partial charge in [0.05, 0.1) is 24.9 Å². The summed E-state index contributed by atoms with van der Waals surface area (Å²) in [6.45, 7) is 3.15. The first-order valence-corrected chi connectivity index (χ1v) is 20.1. The number of rotatable bonds is 32. The van der Waals surface area contributed by atoms with E-state index in [0.29, 0.717) is 12.8 Å². The van der Waals surface area contributed by atoms with E-state index in [0.717, 1.165) is 44.9 Å². The standard InChI is InChI=1S/C39H65O11P/c1-3-5-7-8-9-10-11-12-13-14-15-20-24-30-38(43)48-32-35(33-49-51(45,46)47)50-39(44)31-25-29-37(42)36(41)28-23-19-17-16-18-22-27-34(40)26-21-6-4-2/h6,10-11,16-19,21-23,27-28,34-37,40-42H,3-5,7-9,12-15,20,24-26,29-33H2,1-2H3,(H2,45,46,47)/b11-10-,18-16+,19-17-,21-6-,27-22+,28-23-/t34-,35+,36+,37+/m0/s1. The maximum atomic E-state index is 12.4. The summed E-state index contributed by atoms with van der Waals surface area (Å²) in [5.41, 5.74) is 0. The molecule has 0 rings (SSSR count). The van der Waals surface area contributed by atoms with Crippen LogP contribution in [0.15, 0.2) is 72.9 Å². The highest BCUT2D eigenvalue weighted by atomic mass is 31.2. The fraction of sp³-hybridized carbons (Fsp3) is 0.641. The van der Waals surface area contributed by atoms with Crippen LogP contribution in [0.3, 0.4) is 0 Å². The minimum atomic E-state index is -4.85. The van der Waals surface area contributed by atoms with E-state index in [1.165, 1.54) is 31.8 Å². The Kier molecular flexibility index (Phi) is 31.5. The van der Waals surface area contributed by atoms with E-state index in [1.807, 2.05) is 19.1 Å². The normalized spacial score (nSPS) is 15.2. The van der Waals surface area contributed by atoms with Crippen molar-refractivity contribution in [2.75, 3.05) is 13.2 Å². The third kappa shape index (κ3) is 34.2. The van der Waals surface area contributed by atoms with Crippen molar-refractivity contribution in [1.29, 1.82) is 0 Å². The van der Waals surface area contributed by atoms with Crippen molar-refractivity contribution in [3.05, 3.63) is 72.9 Å². The predicted octanol–water partition coefficient (Wildman–Crippen LogP) is 7.64. The van der Waals surface area contributed by atoms with E-state index in [2.05, 4.69) is 23.6 Å². The average molecular weight is 741 g/mol. The number of hydrogen-bond acceptors (Lipinski definition) is 9. The van der Waals surface area contributed by atoms with Gasteiger partial charge in [-0.25, -0.2) is 4.57 Å². The largest absolute Gasteiger partial charge is 0.469 e. The summed E-state index contributed by atoms with van der Waals surface area (Å²) >= 11 is 0. The Labute approximate surface area is 306 Å². The van der Waals surface area contributed by atoms with Crippen LogP contribution in [0.25, 0.3) is 0 Å². The Morgan fingerprint density at radius 1 is 0.667 bits per heavy atom. The summed E-state index contributed by atoms with van der Waals surface area (Å²) in [7, 11) is -4.85. The molecule has 0 aromatic carbocycles. The van der Waals surface area contributed by atoms with Gasteiger partial charge in [-0.2, -0.15) is 0 Å². The molecule has 0 bridgehead atoms. The summed E-state index contributed by atoms with van der Waals surface area (Å²) < 4.78 is 26.1. The molecule has 0 aromatic rings. The molecule has 0 aliphatic heterocycles. The second-order valence-corrected chi connectivity index (χ2v) is 13.6. The first-order chi connectivity index (χ1) is 24.5. The second kappa shape index (κ2) is 33.2. The van der Waals surface area contributed by atoms with Gasteiger partial charge in [-0.05, 0) is 57.8 Å². The minimum absolute atomic E-state index is 0.0826. The highest BCUT2D eigenvalue weighted by Gasteiger charge is 2.23. The van der Waals surface area contributed by atoms with Crippen LogP contribution in [-0.2, 0) is 28.2 Å². The van der Waals surface area contributed by atoms with E-state index in [4.69, 9.17) is 19.3 Å². The van der Waals surface area contributed by atoms with Gasteiger partial charge in [-0.1, -0.05) is 125 Å². The van der Waals surface area contributed by atoms with E-state index in [-0.39, 0.29) is 25.7 Å². The number of phosphoric acid groups is 1. The van der Waals surface area contributed by atoms with Gasteiger partial charge in [0.2, 0.25) is 0 Å². The summed E-state index contributed by atoms with van der Waals surface area (Å²) in [6.07, 6.45) is 31.4. The summed E-state index contributed by atoms with van der Waals surface area (Å²) in [5, 5.41) is 30.2. The average Bonchev–Trinajstić information content (AvgIpc) is 3.08. The lowest BCUT2D eigenvalue weighted by atomic mass is 10.1. The zero-order valence-corrected chi connectivity index (χ0v) is 31.7. The highest BCUT2D eigenvalue weighted by molar-refractivity contribution is 7.46. The van der Waals surface area contributed by atoms with E-state index >= 15 is 0 Å². The molecular formula is C39H65O11P. The zero-order valence-electron chi connectivity index (χ0n) is 30.8. The van der Waals surface area contributed by atoms with Gasteiger partial charge in [-0.3, -0.25) is 14.1 Å². The Hall–Kier alpha value is -2.63. The van der Waals surface area contributed by atoms with Crippen LogP contribution in [0.1, 0.15) is 123 Å². The maximum Gasteiger partial charge on any atom is 0.469 e. The molecule has 5 N–H and O–H groups in total. The van der Waals surface area contributed by atoms with Crippen LogP contribution in [0.2, 0.25) is 0 Å². The van der Waals surface area contributed by atoms with E-state index < -0.39 is 57.4 Å². The first kappa shape index (κ1) is 48.4. The number of aliphatic hydroxyl groups is 3. The molecule has 0 heterocycles. The number of ether oxygens (including phenoxy) is 2. The fourth-order valence-electron chi connectivity index (χ4n) is 4.65. The minimum Gasteiger partial charge on any atom is -0.462 e. The van der Waals surface area contributed by atoms with Crippen LogP contribution in [0.4, 0.5) is 0 Å². The van der Waals surface area contributed by atoms with Crippen molar-refractivity contribution in [2.24, 2.45) is 0 Å². The molecule has 4 atom stereocenters. The molecule has 292 valence electrons. The second-order valence-electron chi connectivity index (χ2n) is 12.4. The number of esters is 2. The van der Waals surface area contributed by atoms with Crippen molar-refractivity contribution in [3.63, 3.8) is 0 Å². The first-order valence-electron chi connectivity index (χ1n) is 18.6. The number of carbonyl (C=O) groups excluding carboxylic acids is 2. The Morgan fingerprint density at radius 2 is 1.25 bits per heavy atom. The van der Waals surface area contributed by atoms with Gasteiger partial charge in [0, 0.05) is 12.8 Å². The van der Waals surface area contributed by atoms with Gasteiger partial charge < -0.3 is 34.6 Å². The molecule has 0 radical (unpaired) electrons. The summed E-state index contributed by atoms with van der Waals surface area (Å²) in [6, 6.07) is 0. The molecular weight excluding hydrogens is 675 g/mol. The van der Waals surface area contributed by atoms with Crippen molar-refractivity contribution in [3.8, 4) is 0 Å². The number of hydrogen-bond donors (Lipinski definition) is 5. The van der Waals surface area contributed by atoms with Crippen LogP contribution in [0, 0.1) is 0 Å². The lowest BCUT2D eigenvalue weighted by Crippen LogP contribution is -2.29. The molecule has 0 unspecified atom stereocenters. The Balaban J connectivity index is 4.39. The van der Waals surface area contributed by atoms with Gasteiger partial charge in [0.15, 0.2) is 6.10 Å². The van der Waals surface area contributed by atoms with Crippen LogP contribution >= 0.6 is 7.82 Å². The maximum absolute atomic E-state index is 12.4. The summed E-state index contributed by atoms with van der Waals surface area (Å²) in [5.74, 6) is -1.24. The molecule has 51 heavy (non-hydrogen) atoms. The van der Waals surface area contributed by atoms with Crippen LogP contribution in [-0.4, -0.2) is 74.7 Å². The van der Waals surface area contributed by atoms with Gasteiger partial charge in [-0.15, -0.1) is 0 Å². The molecule has 0 aromatic heterocycles. The van der Waals surface area contributed by atoms with Gasteiger partial charge in [0.25, 0.3) is 0 Å². The Morgan fingerprint density at radius 3 is 1.90 bits per heavy atom. The Bertz CT molecular complexity index is 1110. The molecule has 11 nitrogen and oxygen atoms in total. The number of unbranched alkanes of at least 4 members (excludes halogenated alkanes) is 9. The SMILES string of the molecule is CC/C=C\C[C@H](O)/C=C/C=C/C=C\C=C/[C@@H](O)[C@H](O)CCCC(=O)O[C@H](COC(=O)CCCCCCC/C=C\CCCCCC)COP(=O)(O)O. The fourth-order valence-corrected chi connectivity index (χ4v) is 5.01. The highest BCUT2D eigenvalue weighted by Crippen LogP contribution is 2.36. The third-order valence-electron chi connectivity index (χ3n) is 7.55. The number of carbonyl (C=O) groups is 2. The van der Waals surface area contributed by atoms with Crippen molar-refractivity contribution in [1.82, 2.24) is 0 Å². The molecule has 0 spiro atoms. The molecule has 0 saturated carbocycles. The monoisotopic (exact) mass is 740 g/mol. The molecule has 0 aliphatic rings. The quantitative estimate of drug-likeness (QED) is 0.0150. The van der Waals surface area contributed by atoms with Gasteiger partial charge in [0.1, 0.15) is 6.61 Å². The third-order valence-corrected chi connectivity index (χ3v) is 8.04. The predicted molar refractivity (Wildman–Crippen MR) is 202 cm³/mol. The smallest absolute Gasteiger partial charge is 0.462 e. The topological polar surface area (TPSA) is 180 Å². The van der Waals surface area contributed by atoms with E-state index in [1.54, 1.807) is 42.5 Å². The van der Waals surface area contributed by atoms with Gasteiger partial charge >= 0.3 is 19.8 Å². The van der Waals surface area contributed by atoms with Crippen LogP contribution < -0.4 is 0 Å². The summed E-state index contributed by atoms with van der Waals surface area (Å²) in [4.78, 5) is 42.7. The zero-order chi connectivity index (χ0) is 38.0. The molecule has 12 heteroatoms. The van der Waals surface area contributed by atoms with Crippen molar-refractivity contribution >= 4 is 19.8 Å². The number of aliphatic hydroxyl groups excluding tert-OH is 3. The number of allylic oxidation sites excluding steroid dienone is 9.